The molecule has 0 fully saturated rings. The molecule has 0 amide bonds. The molecular formula is C8H7BrN2O4. The Balaban J connectivity index is 3.46. The number of benzene rings is 1. The third kappa shape index (κ3) is 2.24. The van der Waals surface area contributed by atoms with Crippen LogP contribution in [0.2, 0.25) is 0 Å². The number of anilines is 1. The number of nitro benzene ring substituents is 1. The molecule has 0 saturated carbocycles. The number of hydrogen-bond acceptors (Lipinski definition) is 5. The Bertz CT molecular complexity index is 433. The van der Waals surface area contributed by atoms with Crippen molar-refractivity contribution in [3.8, 4) is 5.75 Å². The first kappa shape index (κ1) is 11.4. The fraction of sp³-hybridized carbons (Fsp3) is 0.125. The molecule has 0 unspecified atom stereocenters. The number of phenolic OH excluding ortho intramolecular Hbond substituents is 1. The number of nitrogens with zero attached hydrogens (tertiary/aromatic N) is 1. The normalized spacial score (nSPS) is 9.93. The molecule has 3 N–H and O–H groups in total. The van der Waals surface area contributed by atoms with Crippen LogP contribution >= 0.6 is 15.9 Å². The number of phenols is 1. The molecule has 0 spiro atoms. The predicted octanol–water partition coefficient (Wildman–Crippen LogP) is 1.46. The summed E-state index contributed by atoms with van der Waals surface area (Å²) in [4.78, 5) is 21.2. The van der Waals surface area contributed by atoms with Crippen molar-refractivity contribution < 1.29 is 14.8 Å². The van der Waals surface area contributed by atoms with E-state index in [1.807, 2.05) is 0 Å². The van der Waals surface area contributed by atoms with E-state index in [4.69, 9.17) is 5.73 Å². The standard InChI is InChI=1S/C8H7BrN2O4/c9-3-7(13)5-1-4(12)2-6(10)8(5)11(14)15/h1-2,12H,3,10H2. The largest absolute Gasteiger partial charge is 0.508 e. The van der Waals surface area contributed by atoms with Gasteiger partial charge < -0.3 is 10.8 Å². The third-order valence-corrected chi connectivity index (χ3v) is 2.24. The maximum absolute atomic E-state index is 11.3. The van der Waals surface area contributed by atoms with Crippen molar-refractivity contribution >= 4 is 33.1 Å². The van der Waals surface area contributed by atoms with Crippen LogP contribution in [0, 0.1) is 10.1 Å². The van der Waals surface area contributed by atoms with Crippen LogP contribution in [-0.4, -0.2) is 21.1 Å². The summed E-state index contributed by atoms with van der Waals surface area (Å²) in [5, 5.41) is 19.8. The van der Waals surface area contributed by atoms with Gasteiger partial charge in [-0.15, -0.1) is 0 Å². The number of nitrogens with two attached hydrogens (primary N) is 1. The monoisotopic (exact) mass is 274 g/mol. The van der Waals surface area contributed by atoms with Gasteiger partial charge in [-0.05, 0) is 6.07 Å². The lowest BCUT2D eigenvalue weighted by molar-refractivity contribution is -0.384. The summed E-state index contributed by atoms with van der Waals surface area (Å²) in [6.07, 6.45) is 0. The highest BCUT2D eigenvalue weighted by Crippen LogP contribution is 2.31. The van der Waals surface area contributed by atoms with Crippen LogP contribution in [0.25, 0.3) is 0 Å². The number of halogens is 1. The quantitative estimate of drug-likeness (QED) is 0.285. The Morgan fingerprint density at radius 3 is 2.67 bits per heavy atom. The highest BCUT2D eigenvalue weighted by Gasteiger charge is 2.23. The van der Waals surface area contributed by atoms with Gasteiger partial charge in [-0.2, -0.15) is 0 Å². The SMILES string of the molecule is Nc1cc(O)cc(C(=O)CBr)c1[N+](=O)[O-]. The number of carbonyl (C=O) groups is 1. The van der Waals surface area contributed by atoms with Crippen molar-refractivity contribution in [2.24, 2.45) is 0 Å². The molecule has 7 heteroatoms. The molecule has 15 heavy (non-hydrogen) atoms. The van der Waals surface area contributed by atoms with Crippen LogP contribution in [0.15, 0.2) is 12.1 Å². The fourth-order valence-corrected chi connectivity index (χ4v) is 1.43. The van der Waals surface area contributed by atoms with Crippen molar-refractivity contribution in [2.45, 2.75) is 0 Å². The molecule has 80 valence electrons. The summed E-state index contributed by atoms with van der Waals surface area (Å²) in [7, 11) is 0. The molecule has 0 aliphatic carbocycles. The number of ketones is 1. The fourth-order valence-electron chi connectivity index (χ4n) is 1.13. The molecule has 6 nitrogen and oxygen atoms in total. The number of aromatic hydroxyl groups is 1. The Hall–Kier alpha value is -1.63. The summed E-state index contributed by atoms with van der Waals surface area (Å²) in [5.41, 5.74) is 4.44. The Morgan fingerprint density at radius 2 is 2.20 bits per heavy atom. The van der Waals surface area contributed by atoms with E-state index < -0.39 is 16.4 Å². The van der Waals surface area contributed by atoms with E-state index in [9.17, 15) is 20.0 Å². The Morgan fingerprint density at radius 1 is 1.60 bits per heavy atom. The second-order valence-electron chi connectivity index (χ2n) is 2.75. The van der Waals surface area contributed by atoms with Crippen LogP contribution in [0.3, 0.4) is 0 Å². The molecule has 0 aliphatic heterocycles. The average Bonchev–Trinajstić information content (AvgIpc) is 2.14. The van der Waals surface area contributed by atoms with Crippen molar-refractivity contribution in [2.75, 3.05) is 11.1 Å². The van der Waals surface area contributed by atoms with Gasteiger partial charge in [0.2, 0.25) is 0 Å². The minimum atomic E-state index is -0.745. The average molecular weight is 275 g/mol. The highest BCUT2D eigenvalue weighted by molar-refractivity contribution is 9.09. The zero-order valence-electron chi connectivity index (χ0n) is 7.44. The topological polar surface area (TPSA) is 106 Å². The number of nitro groups is 1. The van der Waals surface area contributed by atoms with E-state index in [0.717, 1.165) is 12.1 Å². The van der Waals surface area contributed by atoms with E-state index in [1.54, 1.807) is 0 Å². The number of hydrogen-bond donors (Lipinski definition) is 2. The second-order valence-corrected chi connectivity index (χ2v) is 3.31. The van der Waals surface area contributed by atoms with Crippen LogP contribution < -0.4 is 5.73 Å². The summed E-state index contributed by atoms with van der Waals surface area (Å²) in [6, 6.07) is 2.06. The molecule has 0 bridgehead atoms. The molecular weight excluding hydrogens is 268 g/mol. The maximum atomic E-state index is 11.3. The third-order valence-electron chi connectivity index (χ3n) is 1.73. The number of carbonyl (C=O) groups excluding carboxylic acids is 1. The molecule has 1 rings (SSSR count). The zero-order valence-corrected chi connectivity index (χ0v) is 9.02. The highest BCUT2D eigenvalue weighted by atomic mass is 79.9. The lowest BCUT2D eigenvalue weighted by atomic mass is 10.1. The van der Waals surface area contributed by atoms with Gasteiger partial charge in [0, 0.05) is 6.07 Å². The predicted molar refractivity (Wildman–Crippen MR) is 57.3 cm³/mol. The van der Waals surface area contributed by atoms with Crippen LogP contribution in [0.4, 0.5) is 11.4 Å². The minimum Gasteiger partial charge on any atom is -0.508 e. The van der Waals surface area contributed by atoms with Gasteiger partial charge in [-0.3, -0.25) is 14.9 Å². The summed E-state index contributed by atoms with van der Waals surface area (Å²) in [6.45, 7) is 0. The lowest BCUT2D eigenvalue weighted by Crippen LogP contribution is -2.07. The van der Waals surface area contributed by atoms with Gasteiger partial charge >= 0.3 is 5.69 Å². The van der Waals surface area contributed by atoms with Gasteiger partial charge in [0.15, 0.2) is 5.78 Å². The number of alkyl halides is 1. The first-order chi connectivity index (χ1) is 6.97. The number of Topliss-reactive ketones (excluding diaryl/α,β-unsaturated/α-hetero) is 1. The van der Waals surface area contributed by atoms with E-state index in [0.29, 0.717) is 0 Å². The maximum Gasteiger partial charge on any atom is 0.303 e. The Labute approximate surface area is 93.0 Å². The van der Waals surface area contributed by atoms with E-state index in [1.165, 1.54) is 0 Å². The molecule has 0 atom stereocenters. The summed E-state index contributed by atoms with van der Waals surface area (Å²) >= 11 is 2.89. The number of rotatable bonds is 3. The first-order valence-corrected chi connectivity index (χ1v) is 4.95. The van der Waals surface area contributed by atoms with E-state index >= 15 is 0 Å². The summed E-state index contributed by atoms with van der Waals surface area (Å²) < 4.78 is 0. The van der Waals surface area contributed by atoms with Crippen molar-refractivity contribution in [3.05, 3.63) is 27.8 Å². The van der Waals surface area contributed by atoms with Gasteiger partial charge in [0.1, 0.15) is 17.0 Å². The smallest absolute Gasteiger partial charge is 0.303 e. The van der Waals surface area contributed by atoms with Crippen molar-refractivity contribution in [3.63, 3.8) is 0 Å². The van der Waals surface area contributed by atoms with Crippen LogP contribution in [0.5, 0.6) is 5.75 Å². The minimum absolute atomic E-state index is 0.0727. The first-order valence-electron chi connectivity index (χ1n) is 3.83. The zero-order chi connectivity index (χ0) is 11.6. The van der Waals surface area contributed by atoms with Gasteiger partial charge in [-0.1, -0.05) is 15.9 Å². The second kappa shape index (κ2) is 4.26. The Kier molecular flexibility index (Phi) is 3.25. The molecule has 1 aromatic carbocycles. The van der Waals surface area contributed by atoms with Crippen LogP contribution in [-0.2, 0) is 0 Å². The van der Waals surface area contributed by atoms with Crippen molar-refractivity contribution in [1.29, 1.82) is 0 Å². The molecule has 0 heterocycles. The van der Waals surface area contributed by atoms with E-state index in [-0.39, 0.29) is 22.3 Å². The van der Waals surface area contributed by atoms with Gasteiger partial charge in [0.05, 0.1) is 10.3 Å². The van der Waals surface area contributed by atoms with Crippen molar-refractivity contribution in [1.82, 2.24) is 0 Å². The molecule has 1 aromatic rings. The molecule has 0 radical (unpaired) electrons. The van der Waals surface area contributed by atoms with Gasteiger partial charge in [-0.25, -0.2) is 0 Å². The lowest BCUT2D eigenvalue weighted by Gasteiger charge is -2.03. The van der Waals surface area contributed by atoms with E-state index in [2.05, 4.69) is 15.9 Å². The van der Waals surface area contributed by atoms with Crippen LogP contribution in [0.1, 0.15) is 10.4 Å². The molecule has 0 aliphatic rings. The number of nitrogen functional groups attached to an aromatic ring is 1. The molecule has 0 aromatic heterocycles. The van der Waals surface area contributed by atoms with Gasteiger partial charge in [0.25, 0.3) is 0 Å². The summed E-state index contributed by atoms with van der Waals surface area (Å²) in [5.74, 6) is -0.785. The molecule has 0 saturated heterocycles.